The first-order chi connectivity index (χ1) is 22.8. The molecule has 2 aliphatic rings. The van der Waals surface area contributed by atoms with Gasteiger partial charge in [-0.1, -0.05) is 45.7 Å². The van der Waals surface area contributed by atoms with Crippen LogP contribution in [-0.4, -0.2) is 79.5 Å². The molecule has 6 N–H and O–H groups in total. The van der Waals surface area contributed by atoms with E-state index in [1.807, 2.05) is 45.0 Å². The summed E-state index contributed by atoms with van der Waals surface area (Å²) in [5.41, 5.74) is 7.03. The van der Waals surface area contributed by atoms with Gasteiger partial charge in [0.25, 0.3) is 0 Å². The number of hydrogen-bond donors (Lipinski definition) is 5. The molecular formula is C35H53N5O7S. The van der Waals surface area contributed by atoms with Crippen LogP contribution in [0.1, 0.15) is 78.2 Å². The van der Waals surface area contributed by atoms with Gasteiger partial charge in [-0.05, 0) is 86.4 Å². The number of hydrogen-bond acceptors (Lipinski definition) is 8. The molecule has 0 radical (unpaired) electrons. The molecule has 2 aliphatic heterocycles. The maximum atomic E-state index is 13.9. The third kappa shape index (κ3) is 12.1. The average molecular weight is 688 g/mol. The number of ether oxygens (including phenoxy) is 1. The van der Waals surface area contributed by atoms with Crippen LogP contribution in [0, 0.1) is 5.92 Å². The van der Waals surface area contributed by atoms with Gasteiger partial charge in [0.05, 0.1) is 23.6 Å². The summed E-state index contributed by atoms with van der Waals surface area (Å²) in [5.74, 6) is -0.477. The third-order valence-corrected chi connectivity index (χ3v) is 10.2. The van der Waals surface area contributed by atoms with Crippen molar-refractivity contribution in [1.82, 2.24) is 20.3 Å². The van der Waals surface area contributed by atoms with Crippen LogP contribution in [0.15, 0.2) is 53.4 Å². The predicted octanol–water partition coefficient (Wildman–Crippen LogP) is 3.14. The van der Waals surface area contributed by atoms with Crippen molar-refractivity contribution in [2.24, 2.45) is 5.92 Å². The van der Waals surface area contributed by atoms with Crippen molar-refractivity contribution in [2.45, 2.75) is 108 Å². The standard InChI is InChI=1S/C35H53N5O7S/c1-5-6-9-31-35(44)39-32(33(42)23-40(20-19-24(2)3)48(45,46)29-17-13-27(36)14-18-29)22-26-11-15-28(16-12-26)47-21-8-7-10-30(34(43)38-31)37-25(4)41/h11-18,24,30-33,42H,5-10,19-23,36H2,1-4H3,(H,37,41)(H,38,43)(H,39,44)/t30-,31-,32+,33-/m1/s1. The average Bonchev–Trinajstić information content (AvgIpc) is 3.04. The minimum absolute atomic E-state index is 0.0530. The van der Waals surface area contributed by atoms with Gasteiger partial charge in [-0.2, -0.15) is 4.31 Å². The van der Waals surface area contributed by atoms with E-state index in [-0.39, 0.29) is 36.2 Å². The fourth-order valence-corrected chi connectivity index (χ4v) is 6.96. The molecule has 0 saturated heterocycles. The number of benzene rings is 2. The Balaban J connectivity index is 1.97. The minimum atomic E-state index is -4.02. The molecule has 0 unspecified atom stereocenters. The molecule has 12 nitrogen and oxygen atoms in total. The number of carbonyl (C=O) groups is 3. The Hall–Kier alpha value is -3.68. The molecule has 2 heterocycles. The smallest absolute Gasteiger partial charge is 0.243 e. The molecule has 2 bridgehead atoms. The summed E-state index contributed by atoms with van der Waals surface area (Å²) in [4.78, 5) is 39.2. The highest BCUT2D eigenvalue weighted by molar-refractivity contribution is 7.89. The van der Waals surface area contributed by atoms with Gasteiger partial charge < -0.3 is 31.5 Å². The second-order valence-corrected chi connectivity index (χ2v) is 14.9. The van der Waals surface area contributed by atoms with E-state index in [0.29, 0.717) is 56.6 Å². The van der Waals surface area contributed by atoms with Gasteiger partial charge in [0.1, 0.15) is 17.8 Å². The lowest BCUT2D eigenvalue weighted by molar-refractivity contribution is -0.132. The van der Waals surface area contributed by atoms with Crippen molar-refractivity contribution in [3.05, 3.63) is 54.1 Å². The summed E-state index contributed by atoms with van der Waals surface area (Å²) >= 11 is 0. The Morgan fingerprint density at radius 2 is 1.75 bits per heavy atom. The first kappa shape index (κ1) is 38.8. The Bertz CT molecular complexity index is 1430. The van der Waals surface area contributed by atoms with Gasteiger partial charge in [-0.25, -0.2) is 8.42 Å². The molecule has 13 heteroatoms. The number of amides is 3. The number of unbranched alkanes of at least 4 members (excludes halogenated alkanes) is 1. The normalized spacial score (nSPS) is 20.4. The molecule has 266 valence electrons. The highest BCUT2D eigenvalue weighted by Crippen LogP contribution is 2.21. The molecule has 0 fully saturated rings. The van der Waals surface area contributed by atoms with Crippen molar-refractivity contribution < 1.29 is 32.6 Å². The van der Waals surface area contributed by atoms with E-state index < -0.39 is 46.1 Å². The number of sulfonamides is 1. The number of nitrogens with zero attached hydrogens (tertiary/aromatic N) is 1. The van der Waals surface area contributed by atoms with E-state index in [0.717, 1.165) is 12.0 Å². The molecule has 2 aromatic carbocycles. The van der Waals surface area contributed by atoms with Gasteiger partial charge in [0.2, 0.25) is 27.7 Å². The molecule has 48 heavy (non-hydrogen) atoms. The Morgan fingerprint density at radius 1 is 1.06 bits per heavy atom. The van der Waals surface area contributed by atoms with Crippen LogP contribution < -0.4 is 26.4 Å². The number of anilines is 1. The number of nitrogens with two attached hydrogens (primary N) is 1. The van der Waals surface area contributed by atoms with E-state index in [1.54, 1.807) is 0 Å². The molecule has 4 atom stereocenters. The number of rotatable bonds is 12. The monoisotopic (exact) mass is 687 g/mol. The number of fused-ring (bicyclic) bond motifs is 14. The minimum Gasteiger partial charge on any atom is -0.494 e. The van der Waals surface area contributed by atoms with Crippen molar-refractivity contribution in [1.29, 1.82) is 0 Å². The van der Waals surface area contributed by atoms with Crippen molar-refractivity contribution in [3.8, 4) is 5.75 Å². The zero-order valence-electron chi connectivity index (χ0n) is 28.6. The van der Waals surface area contributed by atoms with Crippen molar-refractivity contribution in [2.75, 3.05) is 25.4 Å². The molecule has 0 aliphatic carbocycles. The largest absolute Gasteiger partial charge is 0.494 e. The fourth-order valence-electron chi connectivity index (χ4n) is 5.48. The number of nitrogens with one attached hydrogen (secondary N) is 3. The topological polar surface area (TPSA) is 180 Å². The van der Waals surface area contributed by atoms with E-state index in [2.05, 4.69) is 16.0 Å². The van der Waals surface area contributed by atoms with E-state index >= 15 is 0 Å². The number of aliphatic hydroxyl groups excluding tert-OH is 1. The maximum absolute atomic E-state index is 13.9. The Labute approximate surface area is 285 Å². The van der Waals surface area contributed by atoms with Gasteiger partial charge in [0.15, 0.2) is 0 Å². The van der Waals surface area contributed by atoms with Crippen molar-refractivity contribution in [3.63, 3.8) is 0 Å². The van der Waals surface area contributed by atoms with Crippen LogP contribution in [0.3, 0.4) is 0 Å². The van der Waals surface area contributed by atoms with Crippen LogP contribution >= 0.6 is 0 Å². The summed E-state index contributed by atoms with van der Waals surface area (Å²) in [7, 11) is -4.02. The first-order valence-corrected chi connectivity index (χ1v) is 18.4. The highest BCUT2D eigenvalue weighted by atomic mass is 32.2. The summed E-state index contributed by atoms with van der Waals surface area (Å²) in [5, 5.41) is 20.2. The van der Waals surface area contributed by atoms with Crippen LogP contribution in [0.25, 0.3) is 0 Å². The summed E-state index contributed by atoms with van der Waals surface area (Å²) in [6.07, 6.45) is 2.85. The zero-order valence-corrected chi connectivity index (χ0v) is 29.4. The molecule has 0 saturated carbocycles. The van der Waals surface area contributed by atoms with Crippen LogP contribution in [0.2, 0.25) is 0 Å². The van der Waals surface area contributed by atoms with Gasteiger partial charge in [0, 0.05) is 25.7 Å². The van der Waals surface area contributed by atoms with E-state index in [9.17, 15) is 27.9 Å². The van der Waals surface area contributed by atoms with Gasteiger partial charge in [-0.3, -0.25) is 14.4 Å². The van der Waals surface area contributed by atoms with Gasteiger partial charge >= 0.3 is 0 Å². The van der Waals surface area contributed by atoms with E-state index in [1.165, 1.54) is 35.5 Å². The summed E-state index contributed by atoms with van der Waals surface area (Å²) in [6.45, 7) is 7.60. The third-order valence-electron chi connectivity index (χ3n) is 8.36. The Morgan fingerprint density at radius 3 is 2.38 bits per heavy atom. The lowest BCUT2D eigenvalue weighted by Crippen LogP contribution is -2.57. The van der Waals surface area contributed by atoms with Crippen LogP contribution in [-0.2, 0) is 30.8 Å². The molecule has 0 spiro atoms. The molecule has 0 aromatic heterocycles. The molecular weight excluding hydrogens is 634 g/mol. The number of aliphatic hydroxyl groups is 1. The summed E-state index contributed by atoms with van der Waals surface area (Å²) in [6, 6.07) is 10.6. The second-order valence-electron chi connectivity index (χ2n) is 12.9. The lowest BCUT2D eigenvalue weighted by Gasteiger charge is -2.31. The highest BCUT2D eigenvalue weighted by Gasteiger charge is 2.33. The van der Waals surface area contributed by atoms with Crippen LogP contribution in [0.5, 0.6) is 5.75 Å². The quantitative estimate of drug-likeness (QED) is 0.211. The van der Waals surface area contributed by atoms with Crippen LogP contribution in [0.4, 0.5) is 5.69 Å². The first-order valence-electron chi connectivity index (χ1n) is 16.9. The number of carbonyl (C=O) groups excluding carboxylic acids is 3. The SMILES string of the molecule is CCCC[C@H]1NC(=O)[C@H](NC(C)=O)CCCCOc2ccc(cc2)C[C@@H]([C@H](O)CN(CCC(C)C)S(=O)(=O)c2ccc(N)cc2)NC1=O. The van der Waals surface area contributed by atoms with Gasteiger partial charge in [-0.15, -0.1) is 0 Å². The zero-order chi connectivity index (χ0) is 35.3. The van der Waals surface area contributed by atoms with E-state index in [4.69, 9.17) is 10.5 Å². The predicted molar refractivity (Wildman–Crippen MR) is 186 cm³/mol. The Kier molecular flexibility index (Phi) is 15.1. The molecule has 2 aromatic rings. The molecule has 3 amide bonds. The fraction of sp³-hybridized carbons (Fsp3) is 0.571. The van der Waals surface area contributed by atoms with Crippen molar-refractivity contribution >= 4 is 33.4 Å². The second kappa shape index (κ2) is 18.8. The summed E-state index contributed by atoms with van der Waals surface area (Å²) < 4.78 is 34.8. The lowest BCUT2D eigenvalue weighted by atomic mass is 9.99. The molecule has 4 rings (SSSR count). The maximum Gasteiger partial charge on any atom is 0.243 e. The number of nitrogen functional groups attached to an aromatic ring is 1.